The van der Waals surface area contributed by atoms with E-state index in [2.05, 4.69) is 0 Å². The quantitative estimate of drug-likeness (QED) is 0.391. The van der Waals surface area contributed by atoms with Gasteiger partial charge in [-0.2, -0.15) is 0 Å². The Bertz CT molecular complexity index is 1110. The number of hydrogen-bond acceptors (Lipinski definition) is 7. The van der Waals surface area contributed by atoms with E-state index in [1.54, 1.807) is 54.6 Å². The molecule has 33 heavy (non-hydrogen) atoms. The van der Waals surface area contributed by atoms with Gasteiger partial charge in [-0.25, -0.2) is 0 Å². The SMILES string of the molecule is O=C(c1ccccc1)C1(O)OC[C@@H](O)[C@@H](O)C1(C(=O)c1ccccc1)C(=O)c1ccccc1. The molecule has 0 spiro atoms. The van der Waals surface area contributed by atoms with E-state index in [9.17, 15) is 29.7 Å². The molecule has 3 atom stereocenters. The predicted molar refractivity (Wildman–Crippen MR) is 118 cm³/mol. The van der Waals surface area contributed by atoms with Crippen molar-refractivity contribution in [1.29, 1.82) is 0 Å². The minimum absolute atomic E-state index is 0.0327. The average Bonchev–Trinajstić information content (AvgIpc) is 2.87. The largest absolute Gasteiger partial charge is 0.389 e. The van der Waals surface area contributed by atoms with Crippen LogP contribution in [0.25, 0.3) is 0 Å². The summed E-state index contributed by atoms with van der Waals surface area (Å²) in [6, 6.07) is 22.6. The summed E-state index contributed by atoms with van der Waals surface area (Å²) in [5.41, 5.74) is -2.99. The first-order valence-corrected chi connectivity index (χ1v) is 10.4. The van der Waals surface area contributed by atoms with Crippen LogP contribution in [0.3, 0.4) is 0 Å². The Hall–Kier alpha value is -3.49. The van der Waals surface area contributed by atoms with Gasteiger partial charge < -0.3 is 20.1 Å². The molecule has 3 aromatic rings. The molecule has 0 amide bonds. The van der Waals surface area contributed by atoms with Crippen LogP contribution < -0.4 is 0 Å². The molecule has 3 aromatic carbocycles. The highest BCUT2D eigenvalue weighted by molar-refractivity contribution is 6.25. The molecule has 3 N–H and O–H groups in total. The highest BCUT2D eigenvalue weighted by Gasteiger charge is 2.73. The van der Waals surface area contributed by atoms with Crippen molar-refractivity contribution in [2.45, 2.75) is 18.0 Å². The van der Waals surface area contributed by atoms with Crippen molar-refractivity contribution in [3.8, 4) is 0 Å². The maximum atomic E-state index is 14.0. The van der Waals surface area contributed by atoms with E-state index in [0.29, 0.717) is 0 Å². The predicted octanol–water partition coefficient (Wildman–Crippen LogP) is 2.06. The number of rotatable bonds is 6. The zero-order chi connectivity index (χ0) is 23.6. The lowest BCUT2D eigenvalue weighted by atomic mass is 9.60. The normalized spacial score (nSPS) is 24.1. The van der Waals surface area contributed by atoms with E-state index < -0.39 is 47.4 Å². The third-order valence-corrected chi connectivity index (χ3v) is 5.94. The Morgan fingerprint density at radius 3 is 1.42 bits per heavy atom. The van der Waals surface area contributed by atoms with E-state index in [0.717, 1.165) is 0 Å². The van der Waals surface area contributed by atoms with Gasteiger partial charge in [0.1, 0.15) is 12.2 Å². The summed E-state index contributed by atoms with van der Waals surface area (Å²) in [5.74, 6) is -6.26. The minimum atomic E-state index is -3.09. The molecule has 1 heterocycles. The highest BCUT2D eigenvalue weighted by Crippen LogP contribution is 2.48. The molecule has 1 saturated heterocycles. The average molecular weight is 446 g/mol. The smallest absolute Gasteiger partial charge is 0.255 e. The Morgan fingerprint density at radius 1 is 0.667 bits per heavy atom. The molecule has 0 aromatic heterocycles. The number of carbonyl (C=O) groups excluding carboxylic acids is 3. The number of Topliss-reactive ketones (excluding diaryl/α,β-unsaturated/α-hetero) is 3. The van der Waals surface area contributed by atoms with Gasteiger partial charge in [0.25, 0.3) is 5.79 Å². The topological polar surface area (TPSA) is 121 Å². The summed E-state index contributed by atoms with van der Waals surface area (Å²) in [7, 11) is 0. The molecule has 7 heteroatoms. The number of carbonyl (C=O) groups is 3. The molecule has 0 saturated carbocycles. The summed E-state index contributed by atoms with van der Waals surface area (Å²) < 4.78 is 5.42. The summed E-state index contributed by atoms with van der Waals surface area (Å²) in [5, 5.41) is 33.5. The zero-order valence-electron chi connectivity index (χ0n) is 17.5. The van der Waals surface area contributed by atoms with Crippen LogP contribution in [0.1, 0.15) is 31.1 Å². The van der Waals surface area contributed by atoms with E-state index in [1.165, 1.54) is 36.4 Å². The maximum absolute atomic E-state index is 14.0. The molecule has 1 fully saturated rings. The van der Waals surface area contributed by atoms with E-state index in [4.69, 9.17) is 4.74 Å². The van der Waals surface area contributed by atoms with Gasteiger partial charge in [0.15, 0.2) is 17.0 Å². The van der Waals surface area contributed by atoms with Crippen LogP contribution >= 0.6 is 0 Å². The second kappa shape index (κ2) is 8.80. The van der Waals surface area contributed by atoms with Crippen LogP contribution in [0.2, 0.25) is 0 Å². The molecular formula is C26H22O7. The van der Waals surface area contributed by atoms with Crippen molar-refractivity contribution in [1.82, 2.24) is 0 Å². The van der Waals surface area contributed by atoms with E-state index in [1.807, 2.05) is 0 Å². The van der Waals surface area contributed by atoms with Crippen LogP contribution in [-0.4, -0.2) is 57.3 Å². The van der Waals surface area contributed by atoms with Gasteiger partial charge in [0, 0.05) is 16.7 Å². The Balaban J connectivity index is 2.02. The van der Waals surface area contributed by atoms with E-state index >= 15 is 0 Å². The molecular weight excluding hydrogens is 424 g/mol. The van der Waals surface area contributed by atoms with Gasteiger partial charge >= 0.3 is 0 Å². The highest BCUT2D eigenvalue weighted by atomic mass is 16.6. The van der Waals surface area contributed by atoms with E-state index in [-0.39, 0.29) is 16.7 Å². The fraction of sp³-hybridized carbons (Fsp3) is 0.192. The van der Waals surface area contributed by atoms with Gasteiger partial charge in [0.05, 0.1) is 6.61 Å². The van der Waals surface area contributed by atoms with Crippen molar-refractivity contribution < 1.29 is 34.4 Å². The number of benzene rings is 3. The van der Waals surface area contributed by atoms with Crippen LogP contribution in [0.4, 0.5) is 0 Å². The fourth-order valence-electron chi connectivity index (χ4n) is 4.24. The molecule has 4 rings (SSSR count). The van der Waals surface area contributed by atoms with Gasteiger partial charge in [-0.05, 0) is 0 Å². The Morgan fingerprint density at radius 2 is 1.03 bits per heavy atom. The van der Waals surface area contributed by atoms with Crippen LogP contribution in [-0.2, 0) is 4.74 Å². The number of aliphatic hydroxyl groups is 3. The first-order valence-electron chi connectivity index (χ1n) is 10.4. The Kier molecular flexibility index (Phi) is 6.05. The maximum Gasteiger partial charge on any atom is 0.255 e. The molecule has 0 radical (unpaired) electrons. The summed E-state index contributed by atoms with van der Waals surface area (Å²) in [6.45, 7) is -0.665. The van der Waals surface area contributed by atoms with Gasteiger partial charge in [-0.15, -0.1) is 0 Å². The number of ketones is 3. The first-order chi connectivity index (χ1) is 15.8. The zero-order valence-corrected chi connectivity index (χ0v) is 17.5. The van der Waals surface area contributed by atoms with Crippen LogP contribution in [0, 0.1) is 5.41 Å². The molecule has 7 nitrogen and oxygen atoms in total. The van der Waals surface area contributed by atoms with Gasteiger partial charge in [-0.1, -0.05) is 91.0 Å². The van der Waals surface area contributed by atoms with Crippen molar-refractivity contribution in [3.05, 3.63) is 108 Å². The standard InChI is InChI=1S/C26H22O7/c27-20-16-33-26(32,23(30)19-14-8-3-9-15-19)25(24(20)31,21(28)17-10-4-1-5-11-17)22(29)18-12-6-2-7-13-18/h1-15,20,24,27,31-32H,16H2/t20-,24-,26?/m1/s1. The van der Waals surface area contributed by atoms with Crippen molar-refractivity contribution in [2.24, 2.45) is 5.41 Å². The van der Waals surface area contributed by atoms with Crippen LogP contribution in [0.15, 0.2) is 91.0 Å². The lowest BCUT2D eigenvalue weighted by Crippen LogP contribution is -2.74. The van der Waals surface area contributed by atoms with Gasteiger partial charge in [0.2, 0.25) is 5.78 Å². The lowest BCUT2D eigenvalue weighted by Gasteiger charge is -2.50. The third-order valence-electron chi connectivity index (χ3n) is 5.94. The van der Waals surface area contributed by atoms with Crippen molar-refractivity contribution in [3.63, 3.8) is 0 Å². The number of aliphatic hydroxyl groups excluding tert-OH is 2. The van der Waals surface area contributed by atoms with Crippen molar-refractivity contribution >= 4 is 17.3 Å². The number of hydrogen-bond donors (Lipinski definition) is 3. The van der Waals surface area contributed by atoms with Gasteiger partial charge in [-0.3, -0.25) is 14.4 Å². The fourth-order valence-corrected chi connectivity index (χ4v) is 4.24. The number of ether oxygens (including phenoxy) is 1. The monoisotopic (exact) mass is 446 g/mol. The molecule has 0 bridgehead atoms. The summed E-state index contributed by atoms with van der Waals surface area (Å²) >= 11 is 0. The van der Waals surface area contributed by atoms with Crippen LogP contribution in [0.5, 0.6) is 0 Å². The molecule has 1 aliphatic rings. The lowest BCUT2D eigenvalue weighted by molar-refractivity contribution is -0.281. The first kappa shape index (κ1) is 22.7. The summed E-state index contributed by atoms with van der Waals surface area (Å²) in [6.07, 6.45) is -3.85. The molecule has 1 aliphatic heterocycles. The summed E-state index contributed by atoms with van der Waals surface area (Å²) in [4.78, 5) is 41.5. The third kappa shape index (κ3) is 3.51. The van der Waals surface area contributed by atoms with Crippen molar-refractivity contribution in [2.75, 3.05) is 6.61 Å². The molecule has 1 unspecified atom stereocenters. The second-order valence-corrected chi connectivity index (χ2v) is 7.86. The minimum Gasteiger partial charge on any atom is -0.389 e. The molecule has 168 valence electrons. The molecule has 0 aliphatic carbocycles. The second-order valence-electron chi connectivity index (χ2n) is 7.86. The Labute approximate surface area is 189 Å².